The largest absolute Gasteiger partial charge is 0.481 e. The number of aliphatic carboxylic acids is 1. The molecule has 2 saturated heterocycles. The molecule has 3 aliphatic rings. The Balaban J connectivity index is 1.33. The number of fused-ring (bicyclic) bond motifs is 2. The van der Waals surface area contributed by atoms with Crippen LogP contribution in [-0.4, -0.2) is 83.7 Å². The number of nitrogens with zero attached hydrogens (tertiary/aromatic N) is 6. The Labute approximate surface area is 282 Å². The summed E-state index contributed by atoms with van der Waals surface area (Å²) in [5.41, 5.74) is 0.904. The number of hydrogen-bond acceptors (Lipinski definition) is 9. The molecule has 3 fully saturated rings. The molecule has 0 spiro atoms. The molecular formula is C35H39F3N6O5. The van der Waals surface area contributed by atoms with Gasteiger partial charge in [-0.15, -0.1) is 0 Å². The van der Waals surface area contributed by atoms with Crippen LogP contribution in [0, 0.1) is 23.6 Å². The fraction of sp³-hybridized carbons (Fsp3) is 0.457. The maximum absolute atomic E-state index is 15.7. The van der Waals surface area contributed by atoms with Crippen LogP contribution < -0.4 is 14.5 Å². The van der Waals surface area contributed by atoms with Crippen LogP contribution in [0.3, 0.4) is 0 Å². The molecular weight excluding hydrogens is 641 g/mol. The monoisotopic (exact) mass is 680 g/mol. The number of anilines is 2. The number of aromatic nitrogens is 2. The second-order valence-corrected chi connectivity index (χ2v) is 13.7. The summed E-state index contributed by atoms with van der Waals surface area (Å²) < 4.78 is 53.2. The lowest BCUT2D eigenvalue weighted by Gasteiger charge is -2.43. The average Bonchev–Trinajstić information content (AvgIpc) is 3.33. The van der Waals surface area contributed by atoms with E-state index >= 15 is 4.39 Å². The second kappa shape index (κ2) is 13.6. The lowest BCUT2D eigenvalue weighted by atomic mass is 9.85. The third-order valence-electron chi connectivity index (χ3n) is 9.42. The maximum Gasteiger partial charge on any atom is 0.410 e. The van der Waals surface area contributed by atoms with Crippen molar-refractivity contribution < 1.29 is 37.3 Å². The molecule has 1 saturated carbocycles. The average molecular weight is 681 g/mol. The number of piperidine rings is 1. The molecule has 3 heterocycles. The van der Waals surface area contributed by atoms with Gasteiger partial charge >= 0.3 is 18.7 Å². The van der Waals surface area contributed by atoms with Gasteiger partial charge in [0.05, 0.1) is 23.3 Å². The van der Waals surface area contributed by atoms with Gasteiger partial charge in [0.15, 0.2) is 0 Å². The summed E-state index contributed by atoms with van der Waals surface area (Å²) in [5.74, 6) is -1.26. The van der Waals surface area contributed by atoms with Crippen molar-refractivity contribution in [2.45, 2.75) is 51.9 Å². The summed E-state index contributed by atoms with van der Waals surface area (Å²) >= 11 is 0. The highest BCUT2D eigenvalue weighted by molar-refractivity contribution is 5.79. The Morgan fingerprint density at radius 2 is 1.71 bits per heavy atom. The minimum Gasteiger partial charge on any atom is -0.481 e. The molecule has 2 bridgehead atoms. The van der Waals surface area contributed by atoms with Crippen LogP contribution in [0.25, 0.3) is 11.1 Å². The maximum atomic E-state index is 15.7. The van der Waals surface area contributed by atoms with E-state index in [0.29, 0.717) is 35.9 Å². The number of piperazine rings is 1. The van der Waals surface area contributed by atoms with Gasteiger partial charge in [-0.05, 0) is 64.3 Å². The van der Waals surface area contributed by atoms with E-state index in [4.69, 9.17) is 9.47 Å². The zero-order valence-electron chi connectivity index (χ0n) is 27.6. The number of carbonyl (C=O) groups is 2. The van der Waals surface area contributed by atoms with Gasteiger partial charge in [-0.3, -0.25) is 9.79 Å². The fourth-order valence-electron chi connectivity index (χ4n) is 7.33. The van der Waals surface area contributed by atoms with Crippen molar-refractivity contribution in [2.24, 2.45) is 22.7 Å². The molecule has 0 unspecified atom stereocenters. The smallest absolute Gasteiger partial charge is 0.410 e. The quantitative estimate of drug-likeness (QED) is 0.264. The fourth-order valence-corrected chi connectivity index (χ4v) is 7.33. The molecule has 260 valence electrons. The van der Waals surface area contributed by atoms with E-state index in [0.717, 1.165) is 12.8 Å². The van der Waals surface area contributed by atoms with Crippen LogP contribution in [0.5, 0.6) is 5.75 Å². The number of amides is 1. The highest BCUT2D eigenvalue weighted by atomic mass is 19.3. The van der Waals surface area contributed by atoms with Crippen molar-refractivity contribution in [3.05, 3.63) is 60.2 Å². The number of alkyl halides is 2. The number of carbonyl (C=O) groups excluding carboxylic acids is 1. The summed E-state index contributed by atoms with van der Waals surface area (Å²) in [4.78, 5) is 43.5. The van der Waals surface area contributed by atoms with E-state index in [1.54, 1.807) is 45.0 Å². The van der Waals surface area contributed by atoms with Crippen LogP contribution in [0.2, 0.25) is 0 Å². The number of ether oxygens (including phenoxy) is 2. The molecule has 1 aliphatic carbocycles. The van der Waals surface area contributed by atoms with Gasteiger partial charge in [0, 0.05) is 67.9 Å². The highest BCUT2D eigenvalue weighted by Crippen LogP contribution is 2.44. The number of benzene rings is 2. The number of aliphatic imine (C=N–C) groups is 1. The Hall–Kier alpha value is -4.88. The van der Waals surface area contributed by atoms with E-state index in [-0.39, 0.29) is 54.4 Å². The van der Waals surface area contributed by atoms with E-state index in [1.165, 1.54) is 29.4 Å². The standard InChI is InChI=1S/C35H39F3N6O5/c1-35(2,3)49-34(47)42-11-12-44(28(19-42)23-7-5-6-8-29(23)48-32(37)38)27-13-24(25(36)14-26(27)39-4)22-15-40-33(41-16-22)43-17-20-9-10-21(18-43)30(20)31(45)46/h5-8,13-16,20-21,28,30,32H,4,9-12,17-19H2,1-3H3,(H,45,46)/t20-,21+,28-,30-/m1/s1. The van der Waals surface area contributed by atoms with Crippen LogP contribution in [0.15, 0.2) is 53.8 Å². The van der Waals surface area contributed by atoms with Gasteiger partial charge in [-0.25, -0.2) is 19.2 Å². The van der Waals surface area contributed by atoms with Crippen molar-refractivity contribution in [2.75, 3.05) is 42.5 Å². The summed E-state index contributed by atoms with van der Waals surface area (Å²) in [7, 11) is 0. The SMILES string of the molecule is C=Nc1cc(F)c(-c2cnc(N3C[C@H]4CC[C@@H](C3)[C@@H]4C(=O)O)nc2)cc1N1CCN(C(=O)OC(C)(C)C)C[C@@H]1c1ccccc1OC(F)F. The number of carboxylic acid groups (broad SMARTS) is 1. The van der Waals surface area contributed by atoms with Crippen LogP contribution >= 0.6 is 0 Å². The topological polar surface area (TPSA) is 121 Å². The number of para-hydroxylation sites is 1. The molecule has 0 radical (unpaired) electrons. The summed E-state index contributed by atoms with van der Waals surface area (Å²) in [5, 5.41) is 9.67. The van der Waals surface area contributed by atoms with Crippen molar-refractivity contribution >= 4 is 36.1 Å². The molecule has 49 heavy (non-hydrogen) atoms. The van der Waals surface area contributed by atoms with Crippen LogP contribution in [0.1, 0.15) is 45.2 Å². The van der Waals surface area contributed by atoms with Gasteiger partial charge in [-0.2, -0.15) is 8.78 Å². The van der Waals surface area contributed by atoms with Gasteiger partial charge in [0.25, 0.3) is 0 Å². The van der Waals surface area contributed by atoms with Crippen molar-refractivity contribution in [1.29, 1.82) is 0 Å². The molecule has 11 nitrogen and oxygen atoms in total. The molecule has 1 amide bonds. The third-order valence-corrected chi connectivity index (χ3v) is 9.42. The first-order valence-electron chi connectivity index (χ1n) is 16.2. The van der Waals surface area contributed by atoms with Gasteiger partial charge in [-0.1, -0.05) is 18.2 Å². The highest BCUT2D eigenvalue weighted by Gasteiger charge is 2.46. The Kier molecular flexibility index (Phi) is 9.41. The predicted octanol–water partition coefficient (Wildman–Crippen LogP) is 6.56. The number of halogens is 3. The first-order chi connectivity index (χ1) is 23.3. The van der Waals surface area contributed by atoms with E-state index in [2.05, 4.69) is 21.7 Å². The van der Waals surface area contributed by atoms with Crippen molar-refractivity contribution in [3.8, 4) is 16.9 Å². The molecule has 2 aliphatic heterocycles. The Bertz CT molecular complexity index is 1700. The van der Waals surface area contributed by atoms with E-state index in [9.17, 15) is 23.5 Å². The second-order valence-electron chi connectivity index (χ2n) is 13.7. The van der Waals surface area contributed by atoms with Crippen molar-refractivity contribution in [1.82, 2.24) is 14.9 Å². The molecule has 1 aromatic heterocycles. The molecule has 2 aromatic carbocycles. The molecule has 14 heteroatoms. The van der Waals surface area contributed by atoms with E-state index < -0.39 is 36.1 Å². The molecule has 3 aromatic rings. The lowest BCUT2D eigenvalue weighted by Crippen LogP contribution is -2.51. The van der Waals surface area contributed by atoms with Gasteiger partial charge in [0.1, 0.15) is 17.2 Å². The minimum atomic E-state index is -3.08. The number of rotatable bonds is 8. The zero-order valence-corrected chi connectivity index (χ0v) is 27.6. The van der Waals surface area contributed by atoms with Crippen LogP contribution in [-0.2, 0) is 9.53 Å². The van der Waals surface area contributed by atoms with E-state index in [1.807, 2.05) is 9.80 Å². The number of carboxylic acids is 1. The molecule has 6 rings (SSSR count). The predicted molar refractivity (Wildman–Crippen MR) is 177 cm³/mol. The van der Waals surface area contributed by atoms with Gasteiger partial charge < -0.3 is 29.3 Å². The Morgan fingerprint density at radius 1 is 1.04 bits per heavy atom. The van der Waals surface area contributed by atoms with Gasteiger partial charge in [0.2, 0.25) is 5.95 Å². The third kappa shape index (κ3) is 7.13. The lowest BCUT2D eigenvalue weighted by molar-refractivity contribution is -0.144. The van der Waals surface area contributed by atoms with Crippen molar-refractivity contribution in [3.63, 3.8) is 0 Å². The Morgan fingerprint density at radius 3 is 2.33 bits per heavy atom. The number of hydrogen-bond donors (Lipinski definition) is 1. The van der Waals surface area contributed by atoms with Crippen LogP contribution in [0.4, 0.5) is 35.3 Å². The molecule has 4 atom stereocenters. The molecule has 1 N–H and O–H groups in total. The zero-order chi connectivity index (χ0) is 35.0. The normalized spacial score (nSPS) is 22.3. The first kappa shape index (κ1) is 34.0. The summed E-state index contributed by atoms with van der Waals surface area (Å²) in [6, 6.07) is 8.49. The summed E-state index contributed by atoms with van der Waals surface area (Å²) in [6.45, 7) is 7.43. The summed E-state index contributed by atoms with van der Waals surface area (Å²) in [6.07, 6.45) is 4.20. The minimum absolute atomic E-state index is 0.0263. The first-order valence-corrected chi connectivity index (χ1v) is 16.2.